The molecule has 1 aromatic rings. The maximum atomic E-state index is 11.8. The highest BCUT2D eigenvalue weighted by molar-refractivity contribution is 5.79. The van der Waals surface area contributed by atoms with Crippen LogP contribution in [0, 0.1) is 5.92 Å². The minimum Gasteiger partial charge on any atom is -0.352 e. The zero-order chi connectivity index (χ0) is 13.0. The van der Waals surface area contributed by atoms with Gasteiger partial charge in [-0.1, -0.05) is 30.7 Å². The Bertz CT molecular complexity index is 411. The van der Waals surface area contributed by atoms with Crippen LogP contribution >= 0.6 is 0 Å². The van der Waals surface area contributed by atoms with Gasteiger partial charge in [0, 0.05) is 18.0 Å². The molecule has 0 bridgehead atoms. The first-order valence-corrected chi connectivity index (χ1v) is 6.80. The average Bonchev–Trinajstić information content (AvgIpc) is 2.25. The molecule has 2 N–H and O–H groups in total. The number of quaternary nitrogens is 1. The highest BCUT2D eigenvalue weighted by Crippen LogP contribution is 2.26. The maximum Gasteiger partial charge on any atom is 0.223 e. The molecule has 2 rings (SSSR count). The molecular weight excluding hydrogens is 224 g/mol. The van der Waals surface area contributed by atoms with Crippen LogP contribution in [0.4, 0.5) is 0 Å². The van der Waals surface area contributed by atoms with Crippen molar-refractivity contribution < 1.29 is 9.69 Å². The van der Waals surface area contributed by atoms with Crippen LogP contribution in [0.3, 0.4) is 0 Å². The van der Waals surface area contributed by atoms with Crippen molar-refractivity contribution in [1.29, 1.82) is 0 Å². The van der Waals surface area contributed by atoms with Gasteiger partial charge in [0.2, 0.25) is 5.91 Å². The second-order valence-electron chi connectivity index (χ2n) is 5.50. The third-order valence-corrected chi connectivity index (χ3v) is 3.59. The number of carbonyl (C=O) groups is 1. The second kappa shape index (κ2) is 6.01. The summed E-state index contributed by atoms with van der Waals surface area (Å²) in [6.07, 6.45) is 3.34. The lowest BCUT2D eigenvalue weighted by atomic mass is 9.85. The van der Waals surface area contributed by atoms with Crippen molar-refractivity contribution in [1.82, 2.24) is 5.32 Å². The lowest BCUT2D eigenvalue weighted by Crippen LogP contribution is -3.04. The quantitative estimate of drug-likeness (QED) is 0.791. The van der Waals surface area contributed by atoms with E-state index in [4.69, 9.17) is 0 Å². The summed E-state index contributed by atoms with van der Waals surface area (Å²) in [7, 11) is 4.29. The number of amides is 1. The van der Waals surface area contributed by atoms with Crippen molar-refractivity contribution in [2.75, 3.05) is 14.1 Å². The predicted molar refractivity (Wildman–Crippen MR) is 72.1 cm³/mol. The zero-order valence-corrected chi connectivity index (χ0v) is 11.3. The molecule has 0 radical (unpaired) electrons. The standard InChI is InChI=1S/C15H22N2O/c1-17(2)11-14-7-4-3-6-13(14)10-16-15(18)12-8-5-9-12/h3-4,6-7,12H,5,8-11H2,1-2H3,(H,16,18)/p+1. The van der Waals surface area contributed by atoms with Crippen LogP contribution in [0.25, 0.3) is 0 Å². The Kier molecular flexibility index (Phi) is 4.37. The topological polar surface area (TPSA) is 33.5 Å². The second-order valence-corrected chi connectivity index (χ2v) is 5.50. The van der Waals surface area contributed by atoms with Crippen LogP contribution in [-0.4, -0.2) is 20.0 Å². The predicted octanol–water partition coefficient (Wildman–Crippen LogP) is 0.747. The molecule has 0 aliphatic heterocycles. The van der Waals surface area contributed by atoms with Crippen LogP contribution < -0.4 is 10.2 Å². The molecule has 0 saturated heterocycles. The smallest absolute Gasteiger partial charge is 0.223 e. The third-order valence-electron chi connectivity index (χ3n) is 3.59. The van der Waals surface area contributed by atoms with Gasteiger partial charge in [-0.2, -0.15) is 0 Å². The highest BCUT2D eigenvalue weighted by atomic mass is 16.1. The number of hydrogen-bond donors (Lipinski definition) is 2. The Balaban J connectivity index is 1.93. The van der Waals surface area contributed by atoms with Gasteiger partial charge in [-0.25, -0.2) is 0 Å². The lowest BCUT2D eigenvalue weighted by molar-refractivity contribution is -0.872. The minimum absolute atomic E-state index is 0.230. The first-order valence-electron chi connectivity index (χ1n) is 6.80. The first kappa shape index (κ1) is 13.1. The summed E-state index contributed by atoms with van der Waals surface area (Å²) in [4.78, 5) is 13.2. The van der Waals surface area contributed by atoms with Crippen LogP contribution in [0.1, 0.15) is 30.4 Å². The van der Waals surface area contributed by atoms with Crippen molar-refractivity contribution in [3.8, 4) is 0 Å². The van der Waals surface area contributed by atoms with E-state index in [1.165, 1.54) is 22.4 Å². The van der Waals surface area contributed by atoms with Gasteiger partial charge in [-0.3, -0.25) is 4.79 Å². The Morgan fingerprint density at radius 1 is 1.28 bits per heavy atom. The zero-order valence-electron chi connectivity index (χ0n) is 11.3. The van der Waals surface area contributed by atoms with Gasteiger partial charge >= 0.3 is 0 Å². The van der Waals surface area contributed by atoms with Gasteiger partial charge in [0.15, 0.2) is 0 Å². The normalized spacial score (nSPS) is 15.5. The van der Waals surface area contributed by atoms with E-state index >= 15 is 0 Å². The van der Waals surface area contributed by atoms with E-state index in [1.54, 1.807) is 0 Å². The lowest BCUT2D eigenvalue weighted by Gasteiger charge is -2.24. The summed E-state index contributed by atoms with van der Waals surface area (Å²) < 4.78 is 0. The monoisotopic (exact) mass is 247 g/mol. The van der Waals surface area contributed by atoms with Gasteiger partial charge in [0.1, 0.15) is 6.54 Å². The third kappa shape index (κ3) is 3.33. The van der Waals surface area contributed by atoms with Crippen molar-refractivity contribution in [2.45, 2.75) is 32.4 Å². The Morgan fingerprint density at radius 3 is 2.50 bits per heavy atom. The molecule has 1 saturated carbocycles. The largest absolute Gasteiger partial charge is 0.352 e. The molecule has 3 nitrogen and oxygen atoms in total. The van der Waals surface area contributed by atoms with Crippen LogP contribution in [0.5, 0.6) is 0 Å². The molecule has 0 spiro atoms. The first-order chi connectivity index (χ1) is 8.66. The van der Waals surface area contributed by atoms with Crippen LogP contribution in [-0.2, 0) is 17.9 Å². The Hall–Kier alpha value is -1.35. The molecule has 0 aromatic heterocycles. The fourth-order valence-electron chi connectivity index (χ4n) is 2.28. The molecule has 1 aliphatic carbocycles. The molecule has 1 aromatic carbocycles. The summed E-state index contributed by atoms with van der Waals surface area (Å²) in [5.74, 6) is 0.505. The summed E-state index contributed by atoms with van der Waals surface area (Å²) in [5, 5.41) is 3.07. The van der Waals surface area contributed by atoms with Crippen LogP contribution in [0.15, 0.2) is 24.3 Å². The number of hydrogen-bond acceptors (Lipinski definition) is 1. The van der Waals surface area contributed by atoms with Crippen LogP contribution in [0.2, 0.25) is 0 Å². The van der Waals surface area contributed by atoms with E-state index < -0.39 is 0 Å². The molecule has 18 heavy (non-hydrogen) atoms. The summed E-state index contributed by atoms with van der Waals surface area (Å²) in [5.41, 5.74) is 2.57. The Labute approximate surface area is 109 Å². The maximum absolute atomic E-state index is 11.8. The van der Waals surface area contributed by atoms with E-state index in [0.717, 1.165) is 19.4 Å². The summed E-state index contributed by atoms with van der Waals surface area (Å²) in [6, 6.07) is 8.37. The van der Waals surface area contributed by atoms with Gasteiger partial charge in [0.05, 0.1) is 14.1 Å². The fraction of sp³-hybridized carbons (Fsp3) is 0.533. The average molecular weight is 247 g/mol. The number of carbonyl (C=O) groups excluding carboxylic acids is 1. The van der Waals surface area contributed by atoms with Crippen molar-refractivity contribution in [3.05, 3.63) is 35.4 Å². The van der Waals surface area contributed by atoms with Gasteiger partial charge in [0.25, 0.3) is 0 Å². The number of benzene rings is 1. The molecule has 0 atom stereocenters. The van der Waals surface area contributed by atoms with Gasteiger partial charge in [-0.05, 0) is 18.4 Å². The fourth-order valence-corrected chi connectivity index (χ4v) is 2.28. The van der Waals surface area contributed by atoms with Crippen molar-refractivity contribution in [3.63, 3.8) is 0 Å². The Morgan fingerprint density at radius 2 is 1.94 bits per heavy atom. The van der Waals surface area contributed by atoms with E-state index in [9.17, 15) is 4.79 Å². The summed E-state index contributed by atoms with van der Waals surface area (Å²) >= 11 is 0. The molecule has 0 heterocycles. The number of nitrogens with one attached hydrogen (secondary N) is 2. The molecular formula is C15H23N2O+. The van der Waals surface area contributed by atoms with E-state index in [2.05, 4.69) is 37.6 Å². The van der Waals surface area contributed by atoms with E-state index in [1.807, 2.05) is 6.07 Å². The van der Waals surface area contributed by atoms with Gasteiger partial charge < -0.3 is 10.2 Å². The molecule has 1 aliphatic rings. The molecule has 0 unspecified atom stereocenters. The highest BCUT2D eigenvalue weighted by Gasteiger charge is 2.24. The molecule has 1 fully saturated rings. The van der Waals surface area contributed by atoms with Crippen molar-refractivity contribution >= 4 is 5.91 Å². The molecule has 1 amide bonds. The minimum atomic E-state index is 0.230. The summed E-state index contributed by atoms with van der Waals surface area (Å²) in [6.45, 7) is 1.66. The van der Waals surface area contributed by atoms with Crippen molar-refractivity contribution in [2.24, 2.45) is 5.92 Å². The SMILES string of the molecule is C[NH+](C)Cc1ccccc1CNC(=O)C1CCC1. The van der Waals surface area contributed by atoms with E-state index in [-0.39, 0.29) is 11.8 Å². The van der Waals surface area contributed by atoms with Gasteiger partial charge in [-0.15, -0.1) is 0 Å². The number of rotatable bonds is 5. The molecule has 98 valence electrons. The van der Waals surface area contributed by atoms with E-state index in [0.29, 0.717) is 6.54 Å². The molecule has 3 heteroatoms.